The lowest BCUT2D eigenvalue weighted by molar-refractivity contribution is -0.127. The minimum absolute atomic E-state index is 0.0473. The lowest BCUT2D eigenvalue weighted by Crippen LogP contribution is -2.27. The largest absolute Gasteiger partial charge is 0.393 e. The number of urea groups is 1. The zero-order chi connectivity index (χ0) is 24.9. The molecule has 0 saturated heterocycles. The highest BCUT2D eigenvalue weighted by Crippen LogP contribution is 2.22. The van der Waals surface area contributed by atoms with Crippen LogP contribution in [-0.2, 0) is 12.8 Å². The molecule has 0 aliphatic rings. The van der Waals surface area contributed by atoms with E-state index in [0.29, 0.717) is 15.6 Å². The summed E-state index contributed by atoms with van der Waals surface area (Å²) in [5.74, 6) is 5.82. The van der Waals surface area contributed by atoms with Crippen LogP contribution in [0.15, 0.2) is 48.7 Å². The Morgan fingerprint density at radius 2 is 1.85 bits per heavy atom. The second kappa shape index (κ2) is 10.5. The number of rotatable bonds is 5. The Bertz CT molecular complexity index is 1270. The maximum absolute atomic E-state index is 12.7. The van der Waals surface area contributed by atoms with Gasteiger partial charge < -0.3 is 4.90 Å². The smallest absolute Gasteiger partial charge is 0.331 e. The van der Waals surface area contributed by atoms with Gasteiger partial charge >= 0.3 is 12.2 Å². The Hall–Kier alpha value is -3.64. The number of carbonyl (C=O) groups excluding carboxylic acids is 2. The first-order valence-corrected chi connectivity index (χ1v) is 11.1. The molecule has 176 valence electrons. The third-order valence-corrected chi connectivity index (χ3v) is 5.59. The van der Waals surface area contributed by atoms with Crippen LogP contribution in [0.25, 0.3) is 0 Å². The number of hydrogen-bond acceptors (Lipinski definition) is 4. The maximum Gasteiger partial charge on any atom is 0.393 e. The number of amides is 2. The van der Waals surface area contributed by atoms with Crippen molar-refractivity contribution in [2.75, 3.05) is 19.4 Å². The van der Waals surface area contributed by atoms with E-state index in [1.807, 2.05) is 13.0 Å². The number of carbonyl (C=O) groups is 2. The van der Waals surface area contributed by atoms with Crippen LogP contribution >= 0.6 is 11.3 Å². The highest BCUT2D eigenvalue weighted by atomic mass is 32.1. The van der Waals surface area contributed by atoms with Gasteiger partial charge in [-0.2, -0.15) is 13.2 Å². The minimum atomic E-state index is -4.33. The fourth-order valence-corrected chi connectivity index (χ4v) is 3.67. The molecule has 3 rings (SSSR count). The van der Waals surface area contributed by atoms with Gasteiger partial charge in [-0.3, -0.25) is 10.1 Å². The lowest BCUT2D eigenvalue weighted by atomic mass is 9.97. The van der Waals surface area contributed by atoms with Crippen LogP contribution in [0.4, 0.5) is 23.1 Å². The number of anilines is 1. The van der Waals surface area contributed by atoms with Crippen molar-refractivity contribution in [2.45, 2.75) is 25.9 Å². The molecule has 0 aliphatic carbocycles. The number of aryl methyl sites for hydroxylation is 1. The Labute approximate surface area is 199 Å². The summed E-state index contributed by atoms with van der Waals surface area (Å²) in [5, 5.41) is 3.10. The van der Waals surface area contributed by atoms with E-state index in [9.17, 15) is 22.8 Å². The molecule has 0 spiro atoms. The molecule has 5 nitrogen and oxygen atoms in total. The lowest BCUT2D eigenvalue weighted by Gasteiger charge is -2.09. The zero-order valence-electron chi connectivity index (χ0n) is 18.8. The summed E-state index contributed by atoms with van der Waals surface area (Å²) >= 11 is 1.24. The summed E-state index contributed by atoms with van der Waals surface area (Å²) in [7, 11) is 3.26. The van der Waals surface area contributed by atoms with Crippen LogP contribution in [0.5, 0.6) is 0 Å². The number of alkyl halides is 3. The van der Waals surface area contributed by atoms with E-state index < -0.39 is 12.6 Å². The number of Topliss-reactive ketones (excluding diaryl/α,β-unsaturated/α-hetero) is 1. The van der Waals surface area contributed by atoms with E-state index in [1.165, 1.54) is 40.5 Å². The van der Waals surface area contributed by atoms with E-state index in [1.54, 1.807) is 32.4 Å². The predicted octanol–water partition coefficient (Wildman–Crippen LogP) is 5.48. The molecule has 0 unspecified atom stereocenters. The van der Waals surface area contributed by atoms with Crippen LogP contribution in [0.2, 0.25) is 0 Å². The first-order valence-electron chi connectivity index (χ1n) is 10.2. The Balaban J connectivity index is 1.73. The normalized spacial score (nSPS) is 10.9. The second-order valence-electron chi connectivity index (χ2n) is 7.85. The van der Waals surface area contributed by atoms with Crippen molar-refractivity contribution >= 4 is 28.3 Å². The van der Waals surface area contributed by atoms with E-state index in [4.69, 9.17) is 0 Å². The van der Waals surface area contributed by atoms with Crippen LogP contribution in [0.1, 0.15) is 37.5 Å². The first-order chi connectivity index (χ1) is 16.0. The van der Waals surface area contributed by atoms with Gasteiger partial charge in [0, 0.05) is 31.6 Å². The summed E-state index contributed by atoms with van der Waals surface area (Å²) in [6.07, 6.45) is -3.79. The maximum atomic E-state index is 12.7. The third kappa shape index (κ3) is 7.18. The molecule has 0 saturated carbocycles. The molecule has 0 bridgehead atoms. The van der Waals surface area contributed by atoms with Gasteiger partial charge in [-0.25, -0.2) is 9.78 Å². The monoisotopic (exact) mass is 485 g/mol. The molecule has 2 aromatic carbocycles. The number of nitrogens with zero attached hydrogens (tertiary/aromatic N) is 2. The number of aromatic nitrogens is 1. The molecule has 0 atom stereocenters. The molecule has 0 aliphatic heterocycles. The highest BCUT2D eigenvalue weighted by Gasteiger charge is 2.27. The summed E-state index contributed by atoms with van der Waals surface area (Å²) in [5.41, 5.74) is 2.65. The van der Waals surface area contributed by atoms with E-state index in [2.05, 4.69) is 22.1 Å². The number of nitrogens with one attached hydrogen (secondary N) is 1. The third-order valence-electron chi connectivity index (χ3n) is 4.77. The first kappa shape index (κ1) is 25.0. The van der Waals surface area contributed by atoms with Crippen LogP contribution in [-0.4, -0.2) is 42.0 Å². The molecule has 2 amide bonds. The second-order valence-corrected chi connectivity index (χ2v) is 8.88. The topological polar surface area (TPSA) is 62.3 Å². The van der Waals surface area contributed by atoms with Gasteiger partial charge in [0.2, 0.25) is 0 Å². The average molecular weight is 486 g/mol. The summed E-state index contributed by atoms with van der Waals surface area (Å²) < 4.78 is 38.0. The number of hydrogen-bond donors (Lipinski definition) is 1. The minimum Gasteiger partial charge on any atom is -0.331 e. The van der Waals surface area contributed by atoms with Gasteiger partial charge in [0.25, 0.3) is 0 Å². The van der Waals surface area contributed by atoms with E-state index in [0.717, 1.165) is 11.1 Å². The molecule has 0 radical (unpaired) electrons. The van der Waals surface area contributed by atoms with E-state index in [-0.39, 0.29) is 29.4 Å². The number of ketones is 1. The molecule has 3 aromatic rings. The Morgan fingerprint density at radius 3 is 2.56 bits per heavy atom. The fourth-order valence-electron chi connectivity index (χ4n) is 3.01. The van der Waals surface area contributed by atoms with Gasteiger partial charge in [0.15, 0.2) is 10.9 Å². The SMILES string of the molecule is Cc1ccc(CC(=O)c2cccc(CC(F)(F)F)c2)cc1C#Cc1cnc(NC(=O)N(C)C)s1. The Kier molecular flexibility index (Phi) is 7.74. The number of benzene rings is 2. The van der Waals surface area contributed by atoms with E-state index >= 15 is 0 Å². The Morgan fingerprint density at radius 1 is 1.09 bits per heavy atom. The molecule has 1 heterocycles. The summed E-state index contributed by atoms with van der Waals surface area (Å²) in [4.78, 5) is 30.6. The van der Waals surface area contributed by atoms with Gasteiger partial charge in [-0.1, -0.05) is 47.6 Å². The van der Waals surface area contributed by atoms with Crippen molar-refractivity contribution in [3.63, 3.8) is 0 Å². The van der Waals surface area contributed by atoms with Crippen molar-refractivity contribution in [1.29, 1.82) is 0 Å². The number of halogens is 3. The molecular formula is C25H22F3N3O2S. The van der Waals surface area contributed by atoms with Crippen LogP contribution in [0, 0.1) is 18.8 Å². The molecule has 0 fully saturated rings. The quantitative estimate of drug-likeness (QED) is 0.385. The summed E-state index contributed by atoms with van der Waals surface area (Å²) in [6, 6.07) is 10.8. The molecular weight excluding hydrogens is 463 g/mol. The van der Waals surface area contributed by atoms with Crippen molar-refractivity contribution in [3.8, 4) is 11.8 Å². The number of thiazole rings is 1. The van der Waals surface area contributed by atoms with Crippen molar-refractivity contribution in [1.82, 2.24) is 9.88 Å². The fraction of sp³-hybridized carbons (Fsp3) is 0.240. The molecule has 34 heavy (non-hydrogen) atoms. The van der Waals surface area contributed by atoms with Gasteiger partial charge in [-0.05, 0) is 41.7 Å². The zero-order valence-corrected chi connectivity index (χ0v) is 19.6. The van der Waals surface area contributed by atoms with Crippen LogP contribution in [0.3, 0.4) is 0 Å². The predicted molar refractivity (Wildman–Crippen MR) is 126 cm³/mol. The van der Waals surface area contributed by atoms with Crippen molar-refractivity contribution in [3.05, 3.63) is 81.4 Å². The van der Waals surface area contributed by atoms with Crippen LogP contribution < -0.4 is 5.32 Å². The molecule has 1 N–H and O–H groups in total. The van der Waals surface area contributed by atoms with Crippen molar-refractivity contribution in [2.24, 2.45) is 0 Å². The van der Waals surface area contributed by atoms with Gasteiger partial charge in [0.05, 0.1) is 17.5 Å². The summed E-state index contributed by atoms with van der Waals surface area (Å²) in [6.45, 7) is 1.89. The molecule has 9 heteroatoms. The molecule has 1 aromatic heterocycles. The standard InChI is InChI=1S/C25H22F3N3O2S/c1-16-7-8-17(13-22(32)20-6-4-5-18(12-20)14-25(26,27)28)11-19(16)9-10-21-15-29-23(34-21)30-24(33)31(2)3/h4-8,11-12,15H,13-14H2,1-3H3,(H,29,30,33). The average Bonchev–Trinajstić information content (AvgIpc) is 3.20. The van der Waals surface area contributed by atoms with Crippen molar-refractivity contribution < 1.29 is 22.8 Å². The van der Waals surface area contributed by atoms with Gasteiger partial charge in [0.1, 0.15) is 0 Å². The highest BCUT2D eigenvalue weighted by molar-refractivity contribution is 7.16. The van der Waals surface area contributed by atoms with Gasteiger partial charge in [-0.15, -0.1) is 0 Å².